The minimum atomic E-state index is -3.62. The van der Waals surface area contributed by atoms with Gasteiger partial charge in [-0.15, -0.1) is 16.8 Å². The zero-order chi connectivity index (χ0) is 24.9. The van der Waals surface area contributed by atoms with Crippen molar-refractivity contribution < 1.29 is 13.2 Å². The molecule has 1 aromatic heterocycles. The highest BCUT2D eigenvalue weighted by Crippen LogP contribution is 2.28. The molecule has 0 aliphatic rings. The highest BCUT2D eigenvalue weighted by atomic mass is 35.5. The number of aromatic nitrogens is 3. The van der Waals surface area contributed by atoms with Crippen LogP contribution in [0.5, 0.6) is 0 Å². The Morgan fingerprint density at radius 3 is 2.56 bits per heavy atom. The van der Waals surface area contributed by atoms with Crippen LogP contribution in [-0.2, 0) is 26.9 Å². The predicted octanol–water partition coefficient (Wildman–Crippen LogP) is 5.22. The van der Waals surface area contributed by atoms with E-state index >= 15 is 0 Å². The number of benzene rings is 2. The molecule has 1 atom stereocenters. The van der Waals surface area contributed by atoms with Gasteiger partial charge < -0.3 is 9.88 Å². The summed E-state index contributed by atoms with van der Waals surface area (Å²) in [4.78, 5) is 13.2. The van der Waals surface area contributed by atoms with Crippen molar-refractivity contribution in [2.45, 2.75) is 54.8 Å². The lowest BCUT2D eigenvalue weighted by atomic mass is 10.2. The highest BCUT2D eigenvalue weighted by Gasteiger charge is 2.25. The molecule has 1 unspecified atom stereocenters. The van der Waals surface area contributed by atoms with Gasteiger partial charge in [-0.3, -0.25) is 4.79 Å². The van der Waals surface area contributed by atoms with Gasteiger partial charge in [-0.1, -0.05) is 60.1 Å². The van der Waals surface area contributed by atoms with Crippen LogP contribution in [0.15, 0.2) is 65.2 Å². The van der Waals surface area contributed by atoms with Crippen molar-refractivity contribution in [1.82, 2.24) is 14.8 Å². The Bertz CT molecular complexity index is 1290. The molecule has 180 valence electrons. The van der Waals surface area contributed by atoms with Gasteiger partial charge in [-0.05, 0) is 50.1 Å². The van der Waals surface area contributed by atoms with Crippen molar-refractivity contribution >= 4 is 44.8 Å². The van der Waals surface area contributed by atoms with Crippen molar-refractivity contribution in [3.05, 3.63) is 77.1 Å². The first kappa shape index (κ1) is 26.0. The third-order valence-electron chi connectivity index (χ3n) is 5.17. The quantitative estimate of drug-likeness (QED) is 0.292. The standard InChI is InChI=1S/C24H27ClN4O3S2/c1-5-13-29-22(15-34(31,32)19-11-7-16(3)8-12-19)27-28-24(29)33-21(6-2)23(30)26-20-14-18(25)10-9-17(20)4/h5,7-12,14,21H,1,6,13,15H2,2-4H3,(H,26,30). The average molecular weight is 519 g/mol. The average Bonchev–Trinajstić information content (AvgIpc) is 3.15. The molecule has 1 amide bonds. The van der Waals surface area contributed by atoms with Crippen LogP contribution < -0.4 is 5.32 Å². The molecule has 0 saturated heterocycles. The van der Waals surface area contributed by atoms with E-state index in [0.717, 1.165) is 11.1 Å². The molecule has 0 aliphatic carbocycles. The first-order chi connectivity index (χ1) is 16.1. The maximum atomic E-state index is 13.0. The molecule has 0 spiro atoms. The largest absolute Gasteiger partial charge is 0.325 e. The van der Waals surface area contributed by atoms with Gasteiger partial charge in [0.05, 0.1) is 10.1 Å². The van der Waals surface area contributed by atoms with E-state index in [4.69, 9.17) is 11.6 Å². The summed E-state index contributed by atoms with van der Waals surface area (Å²) in [6.07, 6.45) is 2.18. The number of aryl methyl sites for hydroxylation is 2. The van der Waals surface area contributed by atoms with Crippen molar-refractivity contribution in [3.8, 4) is 0 Å². The number of allylic oxidation sites excluding steroid dienone is 1. The summed E-state index contributed by atoms with van der Waals surface area (Å²) < 4.78 is 27.6. The molecule has 2 aromatic carbocycles. The first-order valence-corrected chi connectivity index (χ1v) is 13.6. The van der Waals surface area contributed by atoms with Gasteiger partial charge in [0.15, 0.2) is 15.0 Å². The minimum Gasteiger partial charge on any atom is -0.325 e. The Morgan fingerprint density at radius 2 is 1.91 bits per heavy atom. The van der Waals surface area contributed by atoms with Crippen LogP contribution in [0.4, 0.5) is 5.69 Å². The second kappa shape index (κ2) is 11.2. The Labute approximate surface area is 209 Å². The Hall–Kier alpha value is -2.62. The van der Waals surface area contributed by atoms with Crippen LogP contribution in [0.25, 0.3) is 0 Å². The molecule has 10 heteroatoms. The van der Waals surface area contributed by atoms with Crippen LogP contribution >= 0.6 is 23.4 Å². The van der Waals surface area contributed by atoms with Gasteiger partial charge in [-0.25, -0.2) is 8.42 Å². The maximum Gasteiger partial charge on any atom is 0.237 e. The van der Waals surface area contributed by atoms with E-state index in [-0.39, 0.29) is 16.6 Å². The lowest BCUT2D eigenvalue weighted by molar-refractivity contribution is -0.115. The van der Waals surface area contributed by atoms with E-state index in [1.54, 1.807) is 47.0 Å². The monoisotopic (exact) mass is 518 g/mol. The summed E-state index contributed by atoms with van der Waals surface area (Å²) in [5, 5.41) is 11.8. The SMILES string of the molecule is C=CCn1c(CS(=O)(=O)c2ccc(C)cc2)nnc1SC(CC)C(=O)Nc1cc(Cl)ccc1C. The molecular formula is C24H27ClN4O3S2. The van der Waals surface area contributed by atoms with Gasteiger partial charge >= 0.3 is 0 Å². The molecule has 0 bridgehead atoms. The number of nitrogens with zero attached hydrogens (tertiary/aromatic N) is 3. The number of amides is 1. The van der Waals surface area contributed by atoms with Crippen LogP contribution in [0.2, 0.25) is 5.02 Å². The van der Waals surface area contributed by atoms with Crippen LogP contribution in [0.1, 0.15) is 30.3 Å². The van der Waals surface area contributed by atoms with Crippen molar-refractivity contribution in [2.24, 2.45) is 0 Å². The molecule has 34 heavy (non-hydrogen) atoms. The predicted molar refractivity (Wildman–Crippen MR) is 137 cm³/mol. The molecular weight excluding hydrogens is 492 g/mol. The van der Waals surface area contributed by atoms with Gasteiger partial charge in [-0.2, -0.15) is 0 Å². The number of carbonyl (C=O) groups excluding carboxylic acids is 1. The first-order valence-electron chi connectivity index (χ1n) is 10.7. The fourth-order valence-corrected chi connectivity index (χ4v) is 5.64. The van der Waals surface area contributed by atoms with E-state index in [1.165, 1.54) is 11.8 Å². The highest BCUT2D eigenvalue weighted by molar-refractivity contribution is 8.00. The maximum absolute atomic E-state index is 13.0. The number of hydrogen-bond acceptors (Lipinski definition) is 6. The van der Waals surface area contributed by atoms with E-state index < -0.39 is 15.1 Å². The van der Waals surface area contributed by atoms with Crippen LogP contribution in [-0.4, -0.2) is 34.3 Å². The smallest absolute Gasteiger partial charge is 0.237 e. The Kier molecular flexibility index (Phi) is 8.57. The molecule has 7 nitrogen and oxygen atoms in total. The van der Waals surface area contributed by atoms with Crippen molar-refractivity contribution in [2.75, 3.05) is 5.32 Å². The lowest BCUT2D eigenvalue weighted by Gasteiger charge is -2.16. The van der Waals surface area contributed by atoms with Gasteiger partial charge in [0, 0.05) is 17.3 Å². The molecule has 1 N–H and O–H groups in total. The molecule has 0 saturated carbocycles. The molecule has 0 aliphatic heterocycles. The number of nitrogens with one attached hydrogen (secondary N) is 1. The Morgan fingerprint density at radius 1 is 1.21 bits per heavy atom. The lowest BCUT2D eigenvalue weighted by Crippen LogP contribution is -2.25. The third-order valence-corrected chi connectivity index (χ3v) is 8.38. The molecule has 3 rings (SSSR count). The number of rotatable bonds is 10. The Balaban J connectivity index is 1.82. The van der Waals surface area contributed by atoms with Gasteiger partial charge in [0.1, 0.15) is 11.6 Å². The van der Waals surface area contributed by atoms with E-state index in [2.05, 4.69) is 22.1 Å². The number of hydrogen-bond donors (Lipinski definition) is 1. The molecule has 0 radical (unpaired) electrons. The van der Waals surface area contributed by atoms with Gasteiger partial charge in [0.2, 0.25) is 5.91 Å². The van der Waals surface area contributed by atoms with Crippen LogP contribution in [0.3, 0.4) is 0 Å². The molecule has 0 fully saturated rings. The zero-order valence-electron chi connectivity index (χ0n) is 19.3. The molecule has 1 heterocycles. The topological polar surface area (TPSA) is 93.9 Å². The third kappa shape index (κ3) is 6.28. The summed E-state index contributed by atoms with van der Waals surface area (Å²) in [5.41, 5.74) is 2.52. The summed E-state index contributed by atoms with van der Waals surface area (Å²) in [7, 11) is -3.62. The summed E-state index contributed by atoms with van der Waals surface area (Å²) in [6.45, 7) is 9.77. The van der Waals surface area contributed by atoms with E-state index in [9.17, 15) is 13.2 Å². The summed E-state index contributed by atoms with van der Waals surface area (Å²) in [5.74, 6) is -0.203. The molecule has 3 aromatic rings. The fourth-order valence-electron chi connectivity index (χ4n) is 3.22. The van der Waals surface area contributed by atoms with Crippen molar-refractivity contribution in [1.29, 1.82) is 0 Å². The van der Waals surface area contributed by atoms with Crippen LogP contribution in [0, 0.1) is 13.8 Å². The second-order valence-electron chi connectivity index (χ2n) is 7.83. The minimum absolute atomic E-state index is 0.195. The number of thioether (sulfide) groups is 1. The fraction of sp³-hybridized carbons (Fsp3) is 0.292. The van der Waals surface area contributed by atoms with E-state index in [0.29, 0.717) is 34.7 Å². The zero-order valence-corrected chi connectivity index (χ0v) is 21.7. The summed E-state index contributed by atoms with van der Waals surface area (Å²) >= 11 is 7.31. The normalized spacial score (nSPS) is 12.4. The number of carbonyl (C=O) groups is 1. The van der Waals surface area contributed by atoms with Crippen molar-refractivity contribution in [3.63, 3.8) is 0 Å². The van der Waals surface area contributed by atoms with Gasteiger partial charge in [0.25, 0.3) is 0 Å². The van der Waals surface area contributed by atoms with E-state index in [1.807, 2.05) is 26.8 Å². The summed E-state index contributed by atoms with van der Waals surface area (Å²) in [6, 6.07) is 12.0. The second-order valence-corrected chi connectivity index (χ2v) is 11.4. The number of anilines is 1. The number of sulfone groups is 1. The number of halogens is 1.